The molecular formula is C12H18Br2N2S. The lowest BCUT2D eigenvalue weighted by atomic mass is 9.99. The normalized spacial score (nSPS) is 21.1. The molecule has 0 bridgehead atoms. The van der Waals surface area contributed by atoms with Crippen LogP contribution >= 0.6 is 43.2 Å². The molecule has 17 heavy (non-hydrogen) atoms. The number of piperidine rings is 1. The summed E-state index contributed by atoms with van der Waals surface area (Å²) in [7, 11) is 2.22. The van der Waals surface area contributed by atoms with Gasteiger partial charge in [0.05, 0.1) is 3.79 Å². The molecule has 96 valence electrons. The summed E-state index contributed by atoms with van der Waals surface area (Å²) in [5, 5.41) is 3.48. The van der Waals surface area contributed by atoms with Crippen LogP contribution < -0.4 is 5.32 Å². The lowest BCUT2D eigenvalue weighted by molar-refractivity contribution is 0.239. The third-order valence-corrected chi connectivity index (χ3v) is 6.33. The van der Waals surface area contributed by atoms with Crippen molar-refractivity contribution in [3.05, 3.63) is 19.2 Å². The highest BCUT2D eigenvalue weighted by molar-refractivity contribution is 9.13. The van der Waals surface area contributed by atoms with Crippen molar-refractivity contribution in [2.75, 3.05) is 26.7 Å². The average molecular weight is 382 g/mol. The van der Waals surface area contributed by atoms with Gasteiger partial charge in [0.25, 0.3) is 0 Å². The van der Waals surface area contributed by atoms with E-state index in [9.17, 15) is 0 Å². The summed E-state index contributed by atoms with van der Waals surface area (Å²) in [5.74, 6) is 0.820. The first-order chi connectivity index (χ1) is 8.15. The Balaban J connectivity index is 1.81. The lowest BCUT2D eigenvalue weighted by Crippen LogP contribution is -2.36. The molecule has 5 heteroatoms. The van der Waals surface area contributed by atoms with Gasteiger partial charge in [-0.2, -0.15) is 0 Å². The van der Waals surface area contributed by atoms with Crippen molar-refractivity contribution < 1.29 is 0 Å². The quantitative estimate of drug-likeness (QED) is 0.855. The van der Waals surface area contributed by atoms with Gasteiger partial charge in [0.1, 0.15) is 0 Å². The van der Waals surface area contributed by atoms with Crippen LogP contribution in [0.5, 0.6) is 0 Å². The summed E-state index contributed by atoms with van der Waals surface area (Å²) in [6, 6.07) is 2.21. The van der Waals surface area contributed by atoms with Gasteiger partial charge in [-0.3, -0.25) is 0 Å². The molecule has 0 saturated carbocycles. The molecular weight excluding hydrogens is 364 g/mol. The van der Waals surface area contributed by atoms with Crippen LogP contribution in [0.25, 0.3) is 0 Å². The third-order valence-electron chi connectivity index (χ3n) is 3.09. The van der Waals surface area contributed by atoms with E-state index in [2.05, 4.69) is 55.2 Å². The molecule has 2 rings (SSSR count). The number of nitrogens with one attached hydrogen (secondary N) is 1. The van der Waals surface area contributed by atoms with Gasteiger partial charge >= 0.3 is 0 Å². The number of thiophene rings is 1. The second-order valence-electron chi connectivity index (χ2n) is 4.74. The molecule has 0 spiro atoms. The predicted octanol–water partition coefficient (Wildman–Crippen LogP) is 3.70. The summed E-state index contributed by atoms with van der Waals surface area (Å²) in [6.45, 7) is 4.62. The van der Waals surface area contributed by atoms with Crippen molar-refractivity contribution in [3.63, 3.8) is 0 Å². The van der Waals surface area contributed by atoms with Crippen LogP contribution in [0, 0.1) is 5.92 Å². The highest BCUT2D eigenvalue weighted by atomic mass is 79.9. The summed E-state index contributed by atoms with van der Waals surface area (Å²) < 4.78 is 2.37. The zero-order valence-electron chi connectivity index (χ0n) is 10.0. The van der Waals surface area contributed by atoms with E-state index in [0.717, 1.165) is 12.5 Å². The van der Waals surface area contributed by atoms with Crippen molar-refractivity contribution in [2.24, 2.45) is 5.92 Å². The fourth-order valence-electron chi connectivity index (χ4n) is 2.32. The van der Waals surface area contributed by atoms with Crippen LogP contribution in [0.15, 0.2) is 14.3 Å². The summed E-state index contributed by atoms with van der Waals surface area (Å²) in [5.41, 5.74) is 0. The number of halogens is 2. The van der Waals surface area contributed by atoms with Crippen LogP contribution in [-0.4, -0.2) is 31.6 Å². The zero-order chi connectivity index (χ0) is 12.3. The van der Waals surface area contributed by atoms with E-state index in [1.807, 2.05) is 11.3 Å². The van der Waals surface area contributed by atoms with Gasteiger partial charge in [0.15, 0.2) is 0 Å². The number of hydrogen-bond donors (Lipinski definition) is 1. The van der Waals surface area contributed by atoms with E-state index in [1.165, 1.54) is 45.6 Å². The number of nitrogens with zero attached hydrogens (tertiary/aromatic N) is 1. The Kier molecular flexibility index (Phi) is 5.49. The minimum atomic E-state index is 0.820. The van der Waals surface area contributed by atoms with Gasteiger partial charge in [0.2, 0.25) is 0 Å². The largest absolute Gasteiger partial charge is 0.316 e. The molecule has 1 saturated heterocycles. The minimum absolute atomic E-state index is 0.820. The van der Waals surface area contributed by atoms with E-state index in [0.29, 0.717) is 0 Å². The molecule has 0 aliphatic carbocycles. The Morgan fingerprint density at radius 3 is 2.94 bits per heavy atom. The molecule has 0 radical (unpaired) electrons. The second-order valence-corrected chi connectivity index (χ2v) is 8.05. The first-order valence-electron chi connectivity index (χ1n) is 5.98. The molecule has 1 fully saturated rings. The molecule has 1 aromatic heterocycles. The number of hydrogen-bond acceptors (Lipinski definition) is 3. The van der Waals surface area contributed by atoms with Crippen molar-refractivity contribution in [1.82, 2.24) is 10.2 Å². The van der Waals surface area contributed by atoms with Crippen LogP contribution in [-0.2, 0) is 6.54 Å². The molecule has 0 amide bonds. The Labute approximate surface area is 124 Å². The standard InChI is InChI=1S/C12H18Br2N2S/c1-16(7-9-3-2-4-15-6-9)8-10-5-11(13)12(14)17-10/h5,9,15H,2-4,6-8H2,1H3. The highest BCUT2D eigenvalue weighted by Gasteiger charge is 2.15. The lowest BCUT2D eigenvalue weighted by Gasteiger charge is -2.27. The summed E-state index contributed by atoms with van der Waals surface area (Å²) in [4.78, 5) is 3.84. The monoisotopic (exact) mass is 380 g/mol. The van der Waals surface area contributed by atoms with E-state index < -0.39 is 0 Å². The van der Waals surface area contributed by atoms with Crippen LogP contribution in [0.3, 0.4) is 0 Å². The van der Waals surface area contributed by atoms with Gasteiger partial charge in [-0.25, -0.2) is 0 Å². The maximum absolute atomic E-state index is 3.55. The first-order valence-corrected chi connectivity index (χ1v) is 8.38. The molecule has 1 N–H and O–H groups in total. The van der Waals surface area contributed by atoms with Gasteiger partial charge < -0.3 is 10.2 Å². The minimum Gasteiger partial charge on any atom is -0.316 e. The second kappa shape index (κ2) is 6.66. The Morgan fingerprint density at radius 1 is 1.53 bits per heavy atom. The summed E-state index contributed by atoms with van der Waals surface area (Å²) >= 11 is 8.90. The van der Waals surface area contributed by atoms with Crippen molar-refractivity contribution in [3.8, 4) is 0 Å². The first kappa shape index (κ1) is 14.0. The van der Waals surface area contributed by atoms with Gasteiger partial charge in [-0.15, -0.1) is 11.3 Å². The molecule has 1 atom stereocenters. The molecule has 1 aliphatic rings. The van der Waals surface area contributed by atoms with Crippen LogP contribution in [0.4, 0.5) is 0 Å². The fourth-order valence-corrected chi connectivity index (χ4v) is 4.58. The highest BCUT2D eigenvalue weighted by Crippen LogP contribution is 2.32. The summed E-state index contributed by atoms with van der Waals surface area (Å²) in [6.07, 6.45) is 2.70. The third kappa shape index (κ3) is 4.31. The molecule has 0 aromatic carbocycles. The van der Waals surface area contributed by atoms with Crippen LogP contribution in [0.1, 0.15) is 17.7 Å². The molecule has 1 aliphatic heterocycles. The Morgan fingerprint density at radius 2 is 2.35 bits per heavy atom. The fraction of sp³-hybridized carbons (Fsp3) is 0.667. The van der Waals surface area contributed by atoms with Gasteiger partial charge in [0, 0.05) is 22.4 Å². The van der Waals surface area contributed by atoms with Crippen molar-refractivity contribution in [2.45, 2.75) is 19.4 Å². The maximum Gasteiger partial charge on any atom is 0.0843 e. The van der Waals surface area contributed by atoms with Crippen molar-refractivity contribution in [1.29, 1.82) is 0 Å². The number of rotatable bonds is 4. The van der Waals surface area contributed by atoms with E-state index in [-0.39, 0.29) is 0 Å². The molecule has 2 heterocycles. The topological polar surface area (TPSA) is 15.3 Å². The van der Waals surface area contributed by atoms with Crippen LogP contribution in [0.2, 0.25) is 0 Å². The molecule has 1 aromatic rings. The molecule has 1 unspecified atom stereocenters. The SMILES string of the molecule is CN(Cc1cc(Br)c(Br)s1)CC1CCCNC1. The smallest absolute Gasteiger partial charge is 0.0843 e. The van der Waals surface area contributed by atoms with Gasteiger partial charge in [-0.05, 0) is 76.8 Å². The Hall–Kier alpha value is 0.580. The molecule has 2 nitrogen and oxygen atoms in total. The maximum atomic E-state index is 3.55. The average Bonchev–Trinajstić information content (AvgIpc) is 2.59. The predicted molar refractivity (Wildman–Crippen MR) is 81.6 cm³/mol. The van der Waals surface area contributed by atoms with Crippen molar-refractivity contribution >= 4 is 43.2 Å². The zero-order valence-corrected chi connectivity index (χ0v) is 14.0. The van der Waals surface area contributed by atoms with E-state index in [1.54, 1.807) is 0 Å². The van der Waals surface area contributed by atoms with E-state index >= 15 is 0 Å². The Bertz CT molecular complexity index is 342. The van der Waals surface area contributed by atoms with Gasteiger partial charge in [-0.1, -0.05) is 0 Å². The van der Waals surface area contributed by atoms with E-state index in [4.69, 9.17) is 0 Å².